The molecule has 0 saturated heterocycles. The van der Waals surface area contributed by atoms with Crippen LogP contribution < -0.4 is 4.74 Å². The first kappa shape index (κ1) is 33.0. The third-order valence-electron chi connectivity index (χ3n) is 12.6. The van der Waals surface area contributed by atoms with Crippen LogP contribution in [0.15, 0.2) is 158 Å². The van der Waals surface area contributed by atoms with Crippen molar-refractivity contribution in [2.45, 2.75) is 56.5 Å². The van der Waals surface area contributed by atoms with Gasteiger partial charge in [0, 0.05) is 28.0 Å². The van der Waals surface area contributed by atoms with Crippen LogP contribution in [0.25, 0.3) is 56.4 Å². The second-order valence-electron chi connectivity index (χ2n) is 16.2. The average Bonchev–Trinajstić information content (AvgIpc) is 3.74. The van der Waals surface area contributed by atoms with E-state index < -0.39 is 0 Å². The molecule has 0 fully saturated rings. The van der Waals surface area contributed by atoms with Gasteiger partial charge in [-0.2, -0.15) is 0 Å². The number of hydrogen-bond donors (Lipinski definition) is 0. The first-order valence-corrected chi connectivity index (χ1v) is 19.9. The molecule has 1 aromatic heterocycles. The van der Waals surface area contributed by atoms with Crippen LogP contribution in [-0.4, -0.2) is 21.1 Å². The van der Waals surface area contributed by atoms with Crippen molar-refractivity contribution in [2.24, 2.45) is 0 Å². The summed E-state index contributed by atoms with van der Waals surface area (Å²) in [5.41, 5.74) is 16.7. The Labute approximate surface area is 328 Å². The fraction of sp³-hybridized carbons (Fsp3) is 0.173. The molecule has 0 radical (unpaired) electrons. The summed E-state index contributed by atoms with van der Waals surface area (Å²) in [5, 5.41) is 0. The summed E-state index contributed by atoms with van der Waals surface area (Å²) >= 11 is 0. The lowest BCUT2D eigenvalue weighted by Crippen LogP contribution is -2.17. The summed E-state index contributed by atoms with van der Waals surface area (Å²) in [7, 11) is 0. The average molecular weight is 724 g/mol. The summed E-state index contributed by atoms with van der Waals surface area (Å²) in [6.07, 6.45) is 11.6. The molecule has 7 aromatic rings. The standard InChI is InChI=1S/C52H41N3O/c1-52(2)45-21-10-8-17-38(45)44-30-42-36(29-35-15-6-7-16-37(35)43(42)31-46(44)52)28-25-32-23-26-34(27-24-32)50-53-49(33-13-4-3-5-14-33)54-51(55-50)41-20-12-19-40-39-18-9-11-22-47(39)56-48(40)41/h3-24,26-27,30-31,36,39,47H,25,28-29H2,1-2H3. The van der Waals surface area contributed by atoms with Crippen molar-refractivity contribution < 1.29 is 4.74 Å². The highest BCUT2D eigenvalue weighted by atomic mass is 16.5. The van der Waals surface area contributed by atoms with Gasteiger partial charge in [-0.25, -0.2) is 15.0 Å². The second-order valence-corrected chi connectivity index (χ2v) is 16.2. The van der Waals surface area contributed by atoms with E-state index in [9.17, 15) is 0 Å². The van der Waals surface area contributed by atoms with E-state index >= 15 is 0 Å². The molecule has 270 valence electrons. The number of allylic oxidation sites excluding steroid dienone is 2. The molecule has 0 saturated carbocycles. The molecule has 3 atom stereocenters. The molecule has 11 rings (SSSR count). The number of hydrogen-bond acceptors (Lipinski definition) is 4. The quantitative estimate of drug-likeness (QED) is 0.171. The number of aryl methyl sites for hydroxylation is 1. The van der Waals surface area contributed by atoms with E-state index in [-0.39, 0.29) is 17.4 Å². The molecule has 3 unspecified atom stereocenters. The van der Waals surface area contributed by atoms with Gasteiger partial charge in [-0.3, -0.25) is 0 Å². The van der Waals surface area contributed by atoms with Crippen LogP contribution in [0.5, 0.6) is 5.75 Å². The first-order chi connectivity index (χ1) is 27.5. The molecule has 0 amide bonds. The van der Waals surface area contributed by atoms with Crippen molar-refractivity contribution in [1.82, 2.24) is 15.0 Å². The van der Waals surface area contributed by atoms with Crippen molar-refractivity contribution in [3.63, 3.8) is 0 Å². The Morgan fingerprint density at radius 3 is 2.11 bits per heavy atom. The Bertz CT molecular complexity index is 2740. The molecule has 1 aliphatic heterocycles. The number of nitrogens with zero attached hydrogens (tertiary/aromatic N) is 3. The third kappa shape index (κ3) is 5.31. The number of rotatable bonds is 6. The van der Waals surface area contributed by atoms with Gasteiger partial charge in [0.05, 0.1) is 5.56 Å². The van der Waals surface area contributed by atoms with Gasteiger partial charge in [0.15, 0.2) is 17.5 Å². The van der Waals surface area contributed by atoms with E-state index in [1.165, 1.54) is 55.6 Å². The van der Waals surface area contributed by atoms with Crippen molar-refractivity contribution in [3.05, 3.63) is 191 Å². The Morgan fingerprint density at radius 2 is 1.27 bits per heavy atom. The van der Waals surface area contributed by atoms with Crippen LogP contribution in [0.4, 0.5) is 0 Å². The van der Waals surface area contributed by atoms with E-state index in [0.717, 1.165) is 41.7 Å². The lowest BCUT2D eigenvalue weighted by molar-refractivity contribution is 0.269. The highest BCUT2D eigenvalue weighted by Gasteiger charge is 2.38. The van der Waals surface area contributed by atoms with Gasteiger partial charge in [-0.1, -0.05) is 147 Å². The molecule has 0 bridgehead atoms. The lowest BCUT2D eigenvalue weighted by Gasteiger charge is -2.30. The van der Waals surface area contributed by atoms with E-state index in [4.69, 9.17) is 19.7 Å². The number of para-hydroxylation sites is 1. The van der Waals surface area contributed by atoms with Crippen LogP contribution >= 0.6 is 0 Å². The van der Waals surface area contributed by atoms with Crippen LogP contribution in [0, 0.1) is 0 Å². The van der Waals surface area contributed by atoms with Gasteiger partial charge in [-0.15, -0.1) is 0 Å². The first-order valence-electron chi connectivity index (χ1n) is 19.9. The van der Waals surface area contributed by atoms with Crippen molar-refractivity contribution in [3.8, 4) is 62.2 Å². The summed E-state index contributed by atoms with van der Waals surface area (Å²) in [4.78, 5) is 15.2. The molecule has 0 spiro atoms. The Hall–Kier alpha value is -6.39. The molecular weight excluding hydrogens is 683 g/mol. The fourth-order valence-corrected chi connectivity index (χ4v) is 9.67. The molecule has 0 N–H and O–H groups in total. The zero-order chi connectivity index (χ0) is 37.4. The summed E-state index contributed by atoms with van der Waals surface area (Å²) in [6, 6.07) is 48.4. The molecule has 4 aliphatic rings. The van der Waals surface area contributed by atoms with E-state index in [0.29, 0.717) is 23.4 Å². The normalized spacial score (nSPS) is 18.9. The van der Waals surface area contributed by atoms with Crippen LogP contribution in [0.3, 0.4) is 0 Å². The topological polar surface area (TPSA) is 47.9 Å². The Morgan fingerprint density at radius 1 is 0.571 bits per heavy atom. The SMILES string of the molecule is CC1(C)c2ccccc2-c2cc3c(cc21)-c1ccccc1CC3CCc1ccc(-c2nc(-c3ccccc3)nc(-c3cccc4c3OC3C=CC=CC43)n2)cc1. The maximum absolute atomic E-state index is 6.53. The zero-order valence-corrected chi connectivity index (χ0v) is 31.6. The largest absolute Gasteiger partial charge is 0.484 e. The van der Waals surface area contributed by atoms with E-state index in [2.05, 4.69) is 153 Å². The van der Waals surface area contributed by atoms with Gasteiger partial charge in [-0.05, 0) is 99.5 Å². The minimum Gasteiger partial charge on any atom is -0.484 e. The molecule has 2 heterocycles. The monoisotopic (exact) mass is 723 g/mol. The van der Waals surface area contributed by atoms with Crippen LogP contribution in [0.2, 0.25) is 0 Å². The number of fused-ring (bicyclic) bond motifs is 9. The summed E-state index contributed by atoms with van der Waals surface area (Å²) in [6.45, 7) is 4.76. The van der Waals surface area contributed by atoms with Crippen molar-refractivity contribution in [2.75, 3.05) is 0 Å². The zero-order valence-electron chi connectivity index (χ0n) is 31.6. The summed E-state index contributed by atoms with van der Waals surface area (Å²) in [5.74, 6) is 3.41. The van der Waals surface area contributed by atoms with E-state index in [1.54, 1.807) is 0 Å². The van der Waals surface area contributed by atoms with Crippen LogP contribution in [-0.2, 0) is 18.3 Å². The molecular formula is C52H41N3O. The van der Waals surface area contributed by atoms with E-state index in [1.807, 2.05) is 18.2 Å². The molecule has 6 aromatic carbocycles. The predicted octanol–water partition coefficient (Wildman–Crippen LogP) is 12.1. The summed E-state index contributed by atoms with van der Waals surface area (Å²) < 4.78 is 6.53. The van der Waals surface area contributed by atoms with Gasteiger partial charge >= 0.3 is 0 Å². The third-order valence-corrected chi connectivity index (χ3v) is 12.6. The van der Waals surface area contributed by atoms with Gasteiger partial charge in [0.1, 0.15) is 11.9 Å². The van der Waals surface area contributed by atoms with Gasteiger partial charge < -0.3 is 4.74 Å². The minimum atomic E-state index is -0.0195. The number of aromatic nitrogens is 3. The Kier molecular flexibility index (Phi) is 7.57. The van der Waals surface area contributed by atoms with Crippen LogP contribution in [0.1, 0.15) is 65.5 Å². The van der Waals surface area contributed by atoms with Gasteiger partial charge in [0.2, 0.25) is 0 Å². The molecule has 4 nitrogen and oxygen atoms in total. The predicted molar refractivity (Wildman–Crippen MR) is 226 cm³/mol. The maximum Gasteiger partial charge on any atom is 0.167 e. The lowest BCUT2D eigenvalue weighted by atomic mass is 9.73. The maximum atomic E-state index is 6.53. The number of ether oxygens (including phenoxy) is 1. The van der Waals surface area contributed by atoms with Crippen molar-refractivity contribution >= 4 is 0 Å². The Balaban J connectivity index is 0.915. The van der Waals surface area contributed by atoms with Crippen molar-refractivity contribution in [1.29, 1.82) is 0 Å². The minimum absolute atomic E-state index is 0.0138. The fourth-order valence-electron chi connectivity index (χ4n) is 9.67. The second kappa shape index (κ2) is 12.8. The molecule has 3 aliphatic carbocycles. The number of benzene rings is 6. The smallest absolute Gasteiger partial charge is 0.167 e. The molecule has 4 heteroatoms. The highest BCUT2D eigenvalue weighted by Crippen LogP contribution is 2.53. The molecule has 56 heavy (non-hydrogen) atoms. The highest BCUT2D eigenvalue weighted by molar-refractivity contribution is 5.87. The van der Waals surface area contributed by atoms with Gasteiger partial charge in [0.25, 0.3) is 0 Å².